The van der Waals surface area contributed by atoms with Crippen LogP contribution in [0, 0.1) is 12.8 Å². The Morgan fingerprint density at radius 3 is 2.81 bits per heavy atom. The summed E-state index contributed by atoms with van der Waals surface area (Å²) in [5, 5.41) is 14.3. The highest BCUT2D eigenvalue weighted by Crippen LogP contribution is 2.26. The fourth-order valence-electron chi connectivity index (χ4n) is 2.85. The van der Waals surface area contributed by atoms with Gasteiger partial charge < -0.3 is 10.4 Å². The molecule has 0 bridgehead atoms. The van der Waals surface area contributed by atoms with E-state index in [1.807, 2.05) is 6.20 Å². The maximum absolute atomic E-state index is 9.81. The second-order valence-electron chi connectivity index (χ2n) is 5.89. The van der Waals surface area contributed by atoms with Gasteiger partial charge in [0, 0.05) is 29.7 Å². The van der Waals surface area contributed by atoms with E-state index >= 15 is 0 Å². The molecule has 112 valence electrons. The van der Waals surface area contributed by atoms with Crippen LogP contribution >= 0.6 is 11.3 Å². The largest absolute Gasteiger partial charge is 0.393 e. The zero-order valence-corrected chi connectivity index (χ0v) is 13.2. The topological polar surface area (TPSA) is 45.2 Å². The molecule has 0 amide bonds. The molecule has 1 aliphatic carbocycles. The Balaban J connectivity index is 1.54. The molecule has 1 aromatic carbocycles. The summed E-state index contributed by atoms with van der Waals surface area (Å²) >= 11 is 1.74. The van der Waals surface area contributed by atoms with Crippen LogP contribution in [-0.4, -0.2) is 22.7 Å². The molecular weight excluding hydrogens is 280 g/mol. The van der Waals surface area contributed by atoms with Crippen molar-refractivity contribution in [3.8, 4) is 10.6 Å². The zero-order valence-electron chi connectivity index (χ0n) is 12.4. The van der Waals surface area contributed by atoms with E-state index in [1.54, 1.807) is 11.3 Å². The molecule has 2 aromatic rings. The highest BCUT2D eigenvalue weighted by Gasteiger charge is 2.24. The molecule has 0 spiro atoms. The molecule has 4 heteroatoms. The van der Waals surface area contributed by atoms with Gasteiger partial charge in [-0.25, -0.2) is 4.98 Å². The summed E-state index contributed by atoms with van der Waals surface area (Å²) in [7, 11) is 0. The van der Waals surface area contributed by atoms with E-state index < -0.39 is 0 Å². The van der Waals surface area contributed by atoms with Crippen LogP contribution < -0.4 is 5.32 Å². The van der Waals surface area contributed by atoms with E-state index in [9.17, 15) is 5.11 Å². The van der Waals surface area contributed by atoms with Gasteiger partial charge in [-0.05, 0) is 25.7 Å². The van der Waals surface area contributed by atoms with E-state index in [4.69, 9.17) is 0 Å². The van der Waals surface area contributed by atoms with E-state index in [2.05, 4.69) is 41.5 Å². The van der Waals surface area contributed by atoms with Crippen molar-refractivity contribution in [2.45, 2.75) is 38.8 Å². The molecule has 1 saturated carbocycles. The third-order valence-electron chi connectivity index (χ3n) is 4.18. The van der Waals surface area contributed by atoms with Crippen molar-refractivity contribution in [3.05, 3.63) is 40.9 Å². The summed E-state index contributed by atoms with van der Waals surface area (Å²) in [5.74, 6) is 0.425. The molecule has 3 rings (SSSR count). The van der Waals surface area contributed by atoms with Crippen molar-refractivity contribution in [2.24, 2.45) is 5.92 Å². The predicted octanol–water partition coefficient (Wildman–Crippen LogP) is 3.37. The second-order valence-corrected chi connectivity index (χ2v) is 7.00. The van der Waals surface area contributed by atoms with Crippen LogP contribution in [0.3, 0.4) is 0 Å². The molecule has 1 heterocycles. The Morgan fingerprint density at radius 2 is 2.10 bits per heavy atom. The van der Waals surface area contributed by atoms with Gasteiger partial charge in [0.1, 0.15) is 5.01 Å². The summed E-state index contributed by atoms with van der Waals surface area (Å²) < 4.78 is 0. The Labute approximate surface area is 130 Å². The summed E-state index contributed by atoms with van der Waals surface area (Å²) in [6.07, 6.45) is 5.11. The van der Waals surface area contributed by atoms with Crippen molar-refractivity contribution in [3.63, 3.8) is 0 Å². The van der Waals surface area contributed by atoms with Crippen molar-refractivity contribution >= 4 is 11.3 Å². The van der Waals surface area contributed by atoms with E-state index in [1.165, 1.54) is 16.0 Å². The lowest BCUT2D eigenvalue weighted by Gasteiger charge is -2.14. The average molecular weight is 302 g/mol. The maximum Gasteiger partial charge on any atom is 0.123 e. The highest BCUT2D eigenvalue weighted by molar-refractivity contribution is 7.15. The minimum absolute atomic E-state index is 0.109. The number of aryl methyl sites for hydroxylation is 1. The molecule has 1 aromatic heterocycles. The smallest absolute Gasteiger partial charge is 0.123 e. The first kappa shape index (κ1) is 14.7. The number of nitrogens with one attached hydrogen (secondary N) is 1. The summed E-state index contributed by atoms with van der Waals surface area (Å²) in [6, 6.07) is 8.49. The molecule has 3 nitrogen and oxygen atoms in total. The number of aliphatic hydroxyl groups is 1. The summed E-state index contributed by atoms with van der Waals surface area (Å²) in [6.45, 7) is 3.84. The Bertz CT molecular complexity index is 579. The van der Waals surface area contributed by atoms with Crippen LogP contribution in [0.15, 0.2) is 30.5 Å². The molecule has 2 N–H and O–H groups in total. The SMILES string of the molecule is Cc1ccc(-c2ncc(CNCC3CCCC3O)s2)cc1. The molecule has 1 aliphatic rings. The quantitative estimate of drug-likeness (QED) is 0.890. The second kappa shape index (κ2) is 6.69. The van der Waals surface area contributed by atoms with Crippen molar-refractivity contribution in [2.75, 3.05) is 6.54 Å². The van der Waals surface area contributed by atoms with Gasteiger partial charge in [0.05, 0.1) is 6.10 Å². The first-order chi connectivity index (χ1) is 10.2. The monoisotopic (exact) mass is 302 g/mol. The van der Waals surface area contributed by atoms with Crippen LogP contribution in [0.4, 0.5) is 0 Å². The number of hydrogen-bond acceptors (Lipinski definition) is 4. The average Bonchev–Trinajstić information content (AvgIpc) is 3.10. The first-order valence-electron chi connectivity index (χ1n) is 7.63. The predicted molar refractivity (Wildman–Crippen MR) is 87.3 cm³/mol. The van der Waals surface area contributed by atoms with Crippen LogP contribution in [0.25, 0.3) is 10.6 Å². The van der Waals surface area contributed by atoms with E-state index in [0.717, 1.165) is 37.4 Å². The standard InChI is InChI=1S/C17H22N2OS/c1-12-5-7-13(8-6-12)17-19-11-15(21-17)10-18-9-14-3-2-4-16(14)20/h5-8,11,14,16,18,20H,2-4,9-10H2,1H3. The number of aromatic nitrogens is 1. The lowest BCUT2D eigenvalue weighted by molar-refractivity contribution is 0.131. The first-order valence-corrected chi connectivity index (χ1v) is 8.44. The Kier molecular flexibility index (Phi) is 4.68. The number of aliphatic hydroxyl groups excluding tert-OH is 1. The molecule has 0 aliphatic heterocycles. The molecule has 21 heavy (non-hydrogen) atoms. The van der Waals surface area contributed by atoms with E-state index in [0.29, 0.717) is 5.92 Å². The van der Waals surface area contributed by atoms with Crippen LogP contribution in [0.5, 0.6) is 0 Å². The summed E-state index contributed by atoms with van der Waals surface area (Å²) in [5.41, 5.74) is 2.45. The molecular formula is C17H22N2OS. The van der Waals surface area contributed by atoms with Gasteiger partial charge in [-0.15, -0.1) is 11.3 Å². The molecule has 1 fully saturated rings. The highest BCUT2D eigenvalue weighted by atomic mass is 32.1. The minimum atomic E-state index is -0.109. The lowest BCUT2D eigenvalue weighted by Crippen LogP contribution is -2.27. The van der Waals surface area contributed by atoms with Gasteiger partial charge >= 0.3 is 0 Å². The Morgan fingerprint density at radius 1 is 1.29 bits per heavy atom. The normalized spacial score (nSPS) is 21.8. The Hall–Kier alpha value is -1.23. The lowest BCUT2D eigenvalue weighted by atomic mass is 10.1. The van der Waals surface area contributed by atoms with Gasteiger partial charge in [0.2, 0.25) is 0 Å². The third-order valence-corrected chi connectivity index (χ3v) is 5.22. The van der Waals surface area contributed by atoms with Crippen LogP contribution in [-0.2, 0) is 6.54 Å². The number of rotatable bonds is 5. The van der Waals surface area contributed by atoms with Gasteiger partial charge in [-0.2, -0.15) is 0 Å². The molecule has 2 atom stereocenters. The van der Waals surface area contributed by atoms with E-state index in [-0.39, 0.29) is 6.10 Å². The number of nitrogens with zero attached hydrogens (tertiary/aromatic N) is 1. The zero-order chi connectivity index (χ0) is 14.7. The third kappa shape index (κ3) is 3.70. The van der Waals surface area contributed by atoms with Crippen molar-refractivity contribution in [1.82, 2.24) is 10.3 Å². The fraction of sp³-hybridized carbons (Fsp3) is 0.471. The molecule has 0 saturated heterocycles. The van der Waals surface area contributed by atoms with Gasteiger partial charge in [-0.3, -0.25) is 0 Å². The van der Waals surface area contributed by atoms with Crippen molar-refractivity contribution in [1.29, 1.82) is 0 Å². The van der Waals surface area contributed by atoms with Crippen LogP contribution in [0.1, 0.15) is 29.7 Å². The maximum atomic E-state index is 9.81. The molecule has 2 unspecified atom stereocenters. The minimum Gasteiger partial charge on any atom is -0.393 e. The fourth-order valence-corrected chi connectivity index (χ4v) is 3.74. The van der Waals surface area contributed by atoms with Gasteiger partial charge in [0.15, 0.2) is 0 Å². The number of thiazole rings is 1. The summed E-state index contributed by atoms with van der Waals surface area (Å²) in [4.78, 5) is 5.76. The number of benzene rings is 1. The number of hydrogen-bond donors (Lipinski definition) is 2. The van der Waals surface area contributed by atoms with Gasteiger partial charge in [-0.1, -0.05) is 36.2 Å². The molecule has 0 radical (unpaired) electrons. The van der Waals surface area contributed by atoms with Crippen LogP contribution in [0.2, 0.25) is 0 Å². The van der Waals surface area contributed by atoms with Gasteiger partial charge in [0.25, 0.3) is 0 Å². The van der Waals surface area contributed by atoms with Crippen molar-refractivity contribution < 1.29 is 5.11 Å².